The van der Waals surface area contributed by atoms with Gasteiger partial charge in [-0.2, -0.15) is 0 Å². The van der Waals surface area contributed by atoms with Gasteiger partial charge in [0.1, 0.15) is 5.52 Å². The number of benzene rings is 3. The van der Waals surface area contributed by atoms with Gasteiger partial charge in [-0.05, 0) is 55.5 Å². The molecule has 26 heavy (non-hydrogen) atoms. The molecule has 0 saturated heterocycles. The Morgan fingerprint density at radius 3 is 2.62 bits per heavy atom. The van der Waals surface area contributed by atoms with Crippen molar-refractivity contribution in [1.29, 1.82) is 0 Å². The van der Waals surface area contributed by atoms with E-state index in [0.29, 0.717) is 28.2 Å². The summed E-state index contributed by atoms with van der Waals surface area (Å²) in [6.45, 7) is 1.99. The van der Waals surface area contributed by atoms with Gasteiger partial charge in [0.05, 0.1) is 0 Å². The number of amides is 1. The van der Waals surface area contributed by atoms with Crippen LogP contribution in [0.4, 0.5) is 5.69 Å². The van der Waals surface area contributed by atoms with Crippen LogP contribution < -0.4 is 5.32 Å². The van der Waals surface area contributed by atoms with Crippen molar-refractivity contribution in [2.24, 2.45) is 0 Å². The number of nitrogens with one attached hydrogen (secondary N) is 1. The Hall–Kier alpha value is -2.92. The van der Waals surface area contributed by atoms with Gasteiger partial charge in [-0.3, -0.25) is 4.79 Å². The third-order valence-electron chi connectivity index (χ3n) is 4.03. The highest BCUT2D eigenvalue weighted by atomic mass is 79.9. The van der Waals surface area contributed by atoms with E-state index >= 15 is 0 Å². The molecule has 0 unspecified atom stereocenters. The molecule has 1 heterocycles. The Morgan fingerprint density at radius 2 is 1.85 bits per heavy atom. The van der Waals surface area contributed by atoms with Crippen LogP contribution in [0.5, 0.6) is 0 Å². The van der Waals surface area contributed by atoms with Gasteiger partial charge in [-0.25, -0.2) is 4.98 Å². The van der Waals surface area contributed by atoms with Crippen LogP contribution in [0.25, 0.3) is 22.6 Å². The number of rotatable bonds is 3. The van der Waals surface area contributed by atoms with Crippen LogP contribution in [0.1, 0.15) is 15.9 Å². The summed E-state index contributed by atoms with van der Waals surface area (Å²) in [5.41, 5.74) is 4.67. The lowest BCUT2D eigenvalue weighted by Gasteiger charge is -2.05. The molecule has 0 aliphatic rings. The van der Waals surface area contributed by atoms with Crippen LogP contribution in [0.3, 0.4) is 0 Å². The van der Waals surface area contributed by atoms with E-state index in [1.807, 2.05) is 73.7 Å². The summed E-state index contributed by atoms with van der Waals surface area (Å²) in [5, 5.41) is 2.90. The van der Waals surface area contributed by atoms with Crippen molar-refractivity contribution in [3.8, 4) is 11.5 Å². The van der Waals surface area contributed by atoms with Gasteiger partial charge in [-0.1, -0.05) is 39.7 Å². The molecule has 3 aromatic carbocycles. The first-order valence-electron chi connectivity index (χ1n) is 8.13. The lowest BCUT2D eigenvalue weighted by molar-refractivity contribution is 0.102. The number of halogens is 1. The molecule has 0 saturated carbocycles. The smallest absolute Gasteiger partial charge is 0.255 e. The van der Waals surface area contributed by atoms with Crippen molar-refractivity contribution >= 4 is 38.6 Å². The molecule has 4 rings (SSSR count). The molecule has 0 atom stereocenters. The minimum absolute atomic E-state index is 0.153. The lowest BCUT2D eigenvalue weighted by Crippen LogP contribution is -2.11. The number of anilines is 1. The number of carbonyl (C=O) groups is 1. The molecule has 0 radical (unpaired) electrons. The molecule has 0 spiro atoms. The second kappa shape index (κ2) is 6.77. The van der Waals surface area contributed by atoms with Crippen LogP contribution >= 0.6 is 15.9 Å². The molecular formula is C21H15BrN2O2. The average Bonchev–Trinajstić information content (AvgIpc) is 3.05. The highest BCUT2D eigenvalue weighted by Crippen LogP contribution is 2.28. The monoisotopic (exact) mass is 406 g/mol. The topological polar surface area (TPSA) is 55.1 Å². The van der Waals surface area contributed by atoms with E-state index in [9.17, 15) is 4.79 Å². The summed E-state index contributed by atoms with van der Waals surface area (Å²) in [7, 11) is 0. The first-order chi connectivity index (χ1) is 12.6. The molecule has 0 fully saturated rings. The third kappa shape index (κ3) is 3.39. The number of aryl methyl sites for hydroxylation is 1. The van der Waals surface area contributed by atoms with Crippen molar-refractivity contribution in [3.05, 3.63) is 82.3 Å². The average molecular weight is 407 g/mol. The van der Waals surface area contributed by atoms with Crippen LogP contribution in [0.2, 0.25) is 0 Å². The van der Waals surface area contributed by atoms with Crippen LogP contribution in [0, 0.1) is 6.92 Å². The number of oxazole rings is 1. The van der Waals surface area contributed by atoms with E-state index < -0.39 is 0 Å². The molecule has 0 bridgehead atoms. The molecule has 1 amide bonds. The lowest BCUT2D eigenvalue weighted by atomic mass is 10.1. The van der Waals surface area contributed by atoms with Gasteiger partial charge >= 0.3 is 0 Å². The SMILES string of the molecule is Cc1ccc(C(=O)Nc2ccc3oc(-c4cccc(Br)c4)nc3c2)cc1. The fourth-order valence-electron chi connectivity index (χ4n) is 2.66. The maximum atomic E-state index is 12.4. The van der Waals surface area contributed by atoms with E-state index in [4.69, 9.17) is 4.42 Å². The predicted octanol–water partition coefficient (Wildman–Crippen LogP) is 5.82. The Bertz CT molecular complexity index is 1100. The Labute approximate surface area is 159 Å². The summed E-state index contributed by atoms with van der Waals surface area (Å²) in [6.07, 6.45) is 0. The van der Waals surface area contributed by atoms with Gasteiger partial charge < -0.3 is 9.73 Å². The number of carbonyl (C=O) groups excluding carboxylic acids is 1. The first kappa shape index (κ1) is 16.5. The van der Waals surface area contributed by atoms with Crippen molar-refractivity contribution in [2.75, 3.05) is 5.32 Å². The summed E-state index contributed by atoms with van der Waals surface area (Å²) < 4.78 is 6.78. The minimum atomic E-state index is -0.153. The zero-order valence-corrected chi connectivity index (χ0v) is 15.6. The number of aromatic nitrogens is 1. The second-order valence-corrected chi connectivity index (χ2v) is 6.95. The standard InChI is InChI=1S/C21H15BrN2O2/c1-13-5-7-14(8-6-13)20(25)23-17-9-10-19-18(12-17)24-21(26-19)15-3-2-4-16(22)11-15/h2-12H,1H3,(H,23,25). The highest BCUT2D eigenvalue weighted by Gasteiger charge is 2.11. The van der Waals surface area contributed by atoms with Crippen LogP contribution in [-0.4, -0.2) is 10.9 Å². The molecule has 4 aromatic rings. The molecule has 1 N–H and O–H groups in total. The fourth-order valence-corrected chi connectivity index (χ4v) is 3.06. The van der Waals surface area contributed by atoms with Gasteiger partial charge in [0.2, 0.25) is 5.89 Å². The first-order valence-corrected chi connectivity index (χ1v) is 8.92. The number of nitrogens with zero attached hydrogens (tertiary/aromatic N) is 1. The number of fused-ring (bicyclic) bond motifs is 1. The van der Waals surface area contributed by atoms with E-state index in [1.54, 1.807) is 0 Å². The zero-order valence-electron chi connectivity index (χ0n) is 14.0. The quantitative estimate of drug-likeness (QED) is 0.466. The van der Waals surface area contributed by atoms with Crippen molar-refractivity contribution in [3.63, 3.8) is 0 Å². The predicted molar refractivity (Wildman–Crippen MR) is 106 cm³/mol. The van der Waals surface area contributed by atoms with E-state index in [1.165, 1.54) is 0 Å². The van der Waals surface area contributed by atoms with Crippen molar-refractivity contribution < 1.29 is 9.21 Å². The zero-order chi connectivity index (χ0) is 18.1. The third-order valence-corrected chi connectivity index (χ3v) is 4.52. The molecule has 4 nitrogen and oxygen atoms in total. The van der Waals surface area contributed by atoms with Gasteiger partial charge in [0.25, 0.3) is 5.91 Å². The molecule has 0 aliphatic heterocycles. The molecule has 128 valence electrons. The van der Waals surface area contributed by atoms with E-state index in [-0.39, 0.29) is 5.91 Å². The van der Waals surface area contributed by atoms with E-state index in [0.717, 1.165) is 15.6 Å². The molecule has 5 heteroatoms. The Balaban J connectivity index is 1.61. The maximum absolute atomic E-state index is 12.4. The van der Waals surface area contributed by atoms with Gasteiger partial charge in [-0.15, -0.1) is 0 Å². The Morgan fingerprint density at radius 1 is 1.04 bits per heavy atom. The van der Waals surface area contributed by atoms with Gasteiger partial charge in [0, 0.05) is 21.3 Å². The summed E-state index contributed by atoms with van der Waals surface area (Å²) in [6, 6.07) is 20.7. The largest absolute Gasteiger partial charge is 0.436 e. The van der Waals surface area contributed by atoms with Crippen LogP contribution in [0.15, 0.2) is 75.6 Å². The number of hydrogen-bond acceptors (Lipinski definition) is 3. The van der Waals surface area contributed by atoms with Crippen LogP contribution in [-0.2, 0) is 0 Å². The molecule has 1 aromatic heterocycles. The Kier molecular flexibility index (Phi) is 4.31. The summed E-state index contributed by atoms with van der Waals surface area (Å²) in [4.78, 5) is 16.9. The van der Waals surface area contributed by atoms with Crippen molar-refractivity contribution in [1.82, 2.24) is 4.98 Å². The second-order valence-electron chi connectivity index (χ2n) is 6.03. The van der Waals surface area contributed by atoms with E-state index in [2.05, 4.69) is 26.2 Å². The maximum Gasteiger partial charge on any atom is 0.255 e. The number of hydrogen-bond donors (Lipinski definition) is 1. The minimum Gasteiger partial charge on any atom is -0.436 e. The normalized spacial score (nSPS) is 10.8. The van der Waals surface area contributed by atoms with Crippen molar-refractivity contribution in [2.45, 2.75) is 6.92 Å². The molecular weight excluding hydrogens is 392 g/mol. The summed E-state index contributed by atoms with van der Waals surface area (Å²) >= 11 is 3.45. The van der Waals surface area contributed by atoms with Gasteiger partial charge in [0.15, 0.2) is 5.58 Å². The fraction of sp³-hybridized carbons (Fsp3) is 0.0476. The highest BCUT2D eigenvalue weighted by molar-refractivity contribution is 9.10. The molecule has 0 aliphatic carbocycles. The summed E-state index contributed by atoms with van der Waals surface area (Å²) in [5.74, 6) is 0.392.